The van der Waals surface area contributed by atoms with Crippen LogP contribution in [0.25, 0.3) is 0 Å². The van der Waals surface area contributed by atoms with Crippen molar-refractivity contribution >= 4 is 11.7 Å². The molecule has 3 atom stereocenters. The molecule has 6 nitrogen and oxygen atoms in total. The number of carbonyl (C=O) groups is 1. The highest BCUT2D eigenvalue weighted by Gasteiger charge is 2.51. The quantitative estimate of drug-likeness (QED) is 0.468. The summed E-state index contributed by atoms with van der Waals surface area (Å²) in [4.78, 5) is 15.3. The van der Waals surface area contributed by atoms with Gasteiger partial charge in [0.25, 0.3) is 0 Å². The van der Waals surface area contributed by atoms with Crippen molar-refractivity contribution in [3.8, 4) is 11.5 Å². The van der Waals surface area contributed by atoms with Crippen LogP contribution >= 0.6 is 0 Å². The second-order valence-corrected chi connectivity index (χ2v) is 11.5. The number of amides is 2. The standard InChI is InChI=1S/C29H39F2N3O3/c1-28(2,3)12-14-34-15-13-29(19-6-9-24(36-4)25(16-19)37-5)11-10-21(18-26(29)34)33-27(35)32-20-7-8-22(30)23(31)17-20/h6-9,16-17,21,26H,10-15,18H2,1-5H3,(H2,32,33,35)/t21-,26+,29-/m0/s1. The van der Waals surface area contributed by atoms with Crippen molar-refractivity contribution in [3.63, 3.8) is 0 Å². The summed E-state index contributed by atoms with van der Waals surface area (Å²) < 4.78 is 37.9. The molecule has 4 rings (SSSR count). The van der Waals surface area contributed by atoms with E-state index < -0.39 is 17.7 Å². The summed E-state index contributed by atoms with van der Waals surface area (Å²) in [6, 6.07) is 9.43. The molecule has 1 saturated heterocycles. The molecule has 0 aromatic heterocycles. The number of fused-ring (bicyclic) bond motifs is 1. The van der Waals surface area contributed by atoms with E-state index in [1.807, 2.05) is 6.07 Å². The summed E-state index contributed by atoms with van der Waals surface area (Å²) in [5, 5.41) is 5.72. The summed E-state index contributed by atoms with van der Waals surface area (Å²) in [5.74, 6) is -0.490. The van der Waals surface area contributed by atoms with Crippen molar-refractivity contribution in [2.24, 2.45) is 5.41 Å². The van der Waals surface area contributed by atoms with Gasteiger partial charge in [-0.05, 0) is 80.4 Å². The van der Waals surface area contributed by atoms with Gasteiger partial charge in [-0.1, -0.05) is 26.8 Å². The van der Waals surface area contributed by atoms with E-state index in [0.717, 1.165) is 63.1 Å². The van der Waals surface area contributed by atoms with E-state index in [4.69, 9.17) is 9.47 Å². The zero-order valence-electron chi connectivity index (χ0n) is 22.5. The van der Waals surface area contributed by atoms with Crippen LogP contribution in [-0.4, -0.2) is 50.3 Å². The van der Waals surface area contributed by atoms with E-state index in [1.54, 1.807) is 14.2 Å². The van der Waals surface area contributed by atoms with Gasteiger partial charge in [0.05, 0.1) is 14.2 Å². The molecular formula is C29H39F2N3O3. The average molecular weight is 516 g/mol. The minimum absolute atomic E-state index is 0.0289. The van der Waals surface area contributed by atoms with Crippen LogP contribution in [0.2, 0.25) is 0 Å². The van der Waals surface area contributed by atoms with Crippen LogP contribution in [0.1, 0.15) is 58.4 Å². The Balaban J connectivity index is 1.54. The number of halogens is 2. The van der Waals surface area contributed by atoms with Crippen LogP contribution < -0.4 is 20.1 Å². The van der Waals surface area contributed by atoms with Crippen LogP contribution in [0.4, 0.5) is 19.3 Å². The molecule has 1 aliphatic carbocycles. The van der Waals surface area contributed by atoms with Gasteiger partial charge in [0.1, 0.15) is 0 Å². The van der Waals surface area contributed by atoms with Crippen molar-refractivity contribution < 1.29 is 23.0 Å². The summed E-state index contributed by atoms with van der Waals surface area (Å²) in [5.41, 5.74) is 1.66. The van der Waals surface area contributed by atoms with Crippen LogP contribution in [0.3, 0.4) is 0 Å². The highest BCUT2D eigenvalue weighted by molar-refractivity contribution is 5.89. The molecular weight excluding hydrogens is 476 g/mol. The lowest BCUT2D eigenvalue weighted by Gasteiger charge is -2.46. The zero-order valence-corrected chi connectivity index (χ0v) is 22.5. The van der Waals surface area contributed by atoms with Gasteiger partial charge in [0.2, 0.25) is 0 Å². The normalized spacial score (nSPS) is 23.9. The second-order valence-electron chi connectivity index (χ2n) is 11.5. The molecule has 1 aliphatic heterocycles. The minimum atomic E-state index is -0.990. The Kier molecular flexibility index (Phi) is 7.97. The number of hydrogen-bond donors (Lipinski definition) is 2. The number of rotatable bonds is 7. The van der Waals surface area contributed by atoms with Gasteiger partial charge in [0.15, 0.2) is 23.1 Å². The SMILES string of the molecule is COc1ccc([C@@]23CC[C@H](NC(=O)Nc4ccc(F)c(F)c4)C[C@H]2N(CCC(C)(C)C)CC3)cc1OC. The number of ether oxygens (including phenoxy) is 2. The van der Waals surface area contributed by atoms with Gasteiger partial charge in [-0.2, -0.15) is 0 Å². The molecule has 2 aliphatic rings. The molecule has 37 heavy (non-hydrogen) atoms. The molecule has 8 heteroatoms. The Morgan fingerprint density at radius 3 is 2.49 bits per heavy atom. The summed E-state index contributed by atoms with van der Waals surface area (Å²) in [6.07, 6.45) is 4.69. The van der Waals surface area contributed by atoms with Gasteiger partial charge in [0, 0.05) is 29.3 Å². The first kappa shape index (κ1) is 27.2. The molecule has 1 heterocycles. The summed E-state index contributed by atoms with van der Waals surface area (Å²) in [7, 11) is 3.30. The number of nitrogens with one attached hydrogen (secondary N) is 2. The maximum absolute atomic E-state index is 13.6. The molecule has 202 valence electrons. The predicted molar refractivity (Wildman–Crippen MR) is 141 cm³/mol. The number of anilines is 1. The fourth-order valence-electron chi connectivity index (χ4n) is 5.93. The molecule has 0 bridgehead atoms. The average Bonchev–Trinajstić information content (AvgIpc) is 3.23. The number of urea groups is 1. The van der Waals surface area contributed by atoms with Crippen molar-refractivity contribution in [3.05, 3.63) is 53.6 Å². The lowest BCUT2D eigenvalue weighted by molar-refractivity contribution is 0.125. The highest BCUT2D eigenvalue weighted by atomic mass is 19.2. The lowest BCUT2D eigenvalue weighted by atomic mass is 9.65. The fraction of sp³-hybridized carbons (Fsp3) is 0.552. The van der Waals surface area contributed by atoms with Crippen molar-refractivity contribution in [2.75, 3.05) is 32.6 Å². The first-order chi connectivity index (χ1) is 17.5. The molecule has 2 N–H and O–H groups in total. The van der Waals surface area contributed by atoms with E-state index in [9.17, 15) is 13.6 Å². The van der Waals surface area contributed by atoms with E-state index in [1.165, 1.54) is 11.6 Å². The zero-order chi connectivity index (χ0) is 26.8. The maximum Gasteiger partial charge on any atom is 0.319 e. The number of likely N-dealkylation sites (tertiary alicyclic amines) is 1. The fourth-order valence-corrected chi connectivity index (χ4v) is 5.93. The van der Waals surface area contributed by atoms with Gasteiger partial charge >= 0.3 is 6.03 Å². The second kappa shape index (κ2) is 10.9. The van der Waals surface area contributed by atoms with E-state index in [0.29, 0.717) is 5.75 Å². The highest BCUT2D eigenvalue weighted by Crippen LogP contribution is 2.50. The van der Waals surface area contributed by atoms with Crippen molar-refractivity contribution in [1.29, 1.82) is 0 Å². The Labute approximate surface area is 218 Å². The summed E-state index contributed by atoms with van der Waals surface area (Å²) >= 11 is 0. The number of methoxy groups -OCH3 is 2. The van der Waals surface area contributed by atoms with E-state index >= 15 is 0 Å². The molecule has 0 unspecified atom stereocenters. The number of benzene rings is 2. The van der Waals surface area contributed by atoms with Crippen LogP contribution in [0.5, 0.6) is 11.5 Å². The molecule has 2 amide bonds. The smallest absolute Gasteiger partial charge is 0.319 e. The van der Waals surface area contributed by atoms with Crippen LogP contribution in [0.15, 0.2) is 36.4 Å². The van der Waals surface area contributed by atoms with Crippen LogP contribution in [-0.2, 0) is 5.41 Å². The third-order valence-corrected chi connectivity index (χ3v) is 7.99. The predicted octanol–water partition coefficient (Wildman–Crippen LogP) is 6.10. The minimum Gasteiger partial charge on any atom is -0.493 e. The third-order valence-electron chi connectivity index (χ3n) is 7.99. The first-order valence-corrected chi connectivity index (χ1v) is 13.0. The Hall–Kier alpha value is -2.87. The van der Waals surface area contributed by atoms with Gasteiger partial charge < -0.3 is 20.1 Å². The molecule has 0 spiro atoms. The number of hydrogen-bond acceptors (Lipinski definition) is 4. The topological polar surface area (TPSA) is 62.8 Å². The Morgan fingerprint density at radius 1 is 1.05 bits per heavy atom. The Bertz CT molecular complexity index is 1120. The molecule has 1 saturated carbocycles. The van der Waals surface area contributed by atoms with Gasteiger partial charge in [-0.25, -0.2) is 13.6 Å². The molecule has 2 aromatic rings. The third kappa shape index (κ3) is 6.00. The van der Waals surface area contributed by atoms with Crippen LogP contribution in [0, 0.1) is 17.0 Å². The molecule has 2 fully saturated rings. The maximum atomic E-state index is 13.6. The Morgan fingerprint density at radius 2 is 1.81 bits per heavy atom. The number of nitrogens with zero attached hydrogens (tertiary/aromatic N) is 1. The van der Waals surface area contributed by atoms with Crippen molar-refractivity contribution in [1.82, 2.24) is 10.2 Å². The lowest BCUT2D eigenvalue weighted by Crippen LogP contribution is -2.53. The molecule has 2 aromatic carbocycles. The largest absolute Gasteiger partial charge is 0.493 e. The summed E-state index contributed by atoms with van der Waals surface area (Å²) in [6.45, 7) is 8.79. The van der Waals surface area contributed by atoms with E-state index in [2.05, 4.69) is 48.4 Å². The van der Waals surface area contributed by atoms with E-state index in [-0.39, 0.29) is 28.6 Å². The first-order valence-electron chi connectivity index (χ1n) is 13.0. The van der Waals surface area contributed by atoms with Gasteiger partial charge in [-0.3, -0.25) is 4.90 Å². The molecule has 0 radical (unpaired) electrons. The van der Waals surface area contributed by atoms with Crippen molar-refractivity contribution in [2.45, 2.75) is 70.4 Å². The number of carbonyl (C=O) groups excluding carboxylic acids is 1. The monoisotopic (exact) mass is 515 g/mol. The van der Waals surface area contributed by atoms with Gasteiger partial charge in [-0.15, -0.1) is 0 Å².